The topological polar surface area (TPSA) is 104 Å². The minimum atomic E-state index is -0.407. The number of aryl methyl sites for hydroxylation is 3. The van der Waals surface area contributed by atoms with E-state index in [1.54, 1.807) is 7.05 Å². The largest absolute Gasteiger partial charge is 0.341 e. The first-order valence-electron chi connectivity index (χ1n) is 12.9. The molecule has 2 aromatic carbocycles. The van der Waals surface area contributed by atoms with Gasteiger partial charge in [-0.15, -0.1) is 0 Å². The number of nitrogens with zero attached hydrogens (tertiary/aromatic N) is 6. The zero-order valence-corrected chi connectivity index (χ0v) is 21.4. The summed E-state index contributed by atoms with van der Waals surface area (Å²) in [5, 5.41) is 3.05. The van der Waals surface area contributed by atoms with Crippen molar-refractivity contribution in [1.29, 1.82) is 0 Å². The van der Waals surface area contributed by atoms with Gasteiger partial charge < -0.3 is 15.2 Å². The molecule has 1 saturated heterocycles. The van der Waals surface area contributed by atoms with Crippen molar-refractivity contribution < 1.29 is 0 Å². The Morgan fingerprint density at radius 1 is 1.00 bits per heavy atom. The smallest absolute Gasteiger partial charge is 0.332 e. The van der Waals surface area contributed by atoms with Crippen LogP contribution in [0.3, 0.4) is 0 Å². The van der Waals surface area contributed by atoms with E-state index in [2.05, 4.69) is 17.0 Å². The molecule has 6 rings (SSSR count). The van der Waals surface area contributed by atoms with Crippen molar-refractivity contribution in [1.82, 2.24) is 23.7 Å². The Morgan fingerprint density at radius 2 is 1.76 bits per heavy atom. The molecule has 9 heteroatoms. The molecular formula is C28H31N7O2. The number of hydrogen-bond acceptors (Lipinski definition) is 6. The van der Waals surface area contributed by atoms with Gasteiger partial charge in [0.25, 0.3) is 5.56 Å². The van der Waals surface area contributed by atoms with Crippen molar-refractivity contribution in [2.45, 2.75) is 45.8 Å². The van der Waals surface area contributed by atoms with Gasteiger partial charge in [0.05, 0.1) is 17.8 Å². The number of aromatic nitrogens is 5. The van der Waals surface area contributed by atoms with Gasteiger partial charge in [-0.05, 0) is 37.6 Å². The Bertz CT molecular complexity index is 1800. The van der Waals surface area contributed by atoms with Gasteiger partial charge in [0.15, 0.2) is 11.2 Å². The van der Waals surface area contributed by atoms with Crippen molar-refractivity contribution in [2.24, 2.45) is 12.8 Å². The van der Waals surface area contributed by atoms with Gasteiger partial charge in [-0.1, -0.05) is 42.5 Å². The third-order valence-electron chi connectivity index (χ3n) is 7.59. The Morgan fingerprint density at radius 3 is 2.51 bits per heavy atom. The van der Waals surface area contributed by atoms with E-state index in [1.165, 1.54) is 9.13 Å². The third-order valence-corrected chi connectivity index (χ3v) is 7.59. The van der Waals surface area contributed by atoms with Gasteiger partial charge >= 0.3 is 5.69 Å². The highest BCUT2D eigenvalue weighted by atomic mass is 16.2. The standard InChI is InChI=1S/C28H31N7O2/c1-4-34-24-25(31-27(34)33-14-8-10-18(29)15-33)32(3)28(37)35(26(24)36)16-22-20-12-6-5-11-19(20)21-13-7-9-17(2)23(21)30-22/h5-7,9,11-13,18H,4,8,10,14-16,29H2,1-3H3/t18-/m1/s1. The van der Waals surface area contributed by atoms with Crippen LogP contribution in [0.4, 0.5) is 5.95 Å². The molecule has 190 valence electrons. The molecular weight excluding hydrogens is 466 g/mol. The maximum absolute atomic E-state index is 13.9. The van der Waals surface area contributed by atoms with Crippen LogP contribution in [0.25, 0.3) is 32.8 Å². The second-order valence-electron chi connectivity index (χ2n) is 9.98. The lowest BCUT2D eigenvalue weighted by atomic mass is 10.0. The Labute approximate surface area is 213 Å². The molecule has 1 atom stereocenters. The highest BCUT2D eigenvalue weighted by Gasteiger charge is 2.26. The molecule has 4 heterocycles. The number of benzene rings is 2. The molecule has 1 aliphatic rings. The van der Waals surface area contributed by atoms with Crippen LogP contribution in [0, 0.1) is 6.92 Å². The molecule has 1 fully saturated rings. The van der Waals surface area contributed by atoms with E-state index in [0.29, 0.717) is 35.9 Å². The molecule has 0 aliphatic carbocycles. The number of piperidine rings is 1. The summed E-state index contributed by atoms with van der Waals surface area (Å²) in [6, 6.07) is 14.2. The van der Waals surface area contributed by atoms with Crippen molar-refractivity contribution >= 4 is 38.8 Å². The number of imidazole rings is 1. The van der Waals surface area contributed by atoms with Gasteiger partial charge in [0.2, 0.25) is 5.95 Å². The predicted octanol–water partition coefficient (Wildman–Crippen LogP) is 2.90. The van der Waals surface area contributed by atoms with Gasteiger partial charge in [0.1, 0.15) is 0 Å². The van der Waals surface area contributed by atoms with E-state index < -0.39 is 5.69 Å². The van der Waals surface area contributed by atoms with Crippen LogP contribution in [0.15, 0.2) is 52.1 Å². The molecule has 0 bridgehead atoms. The lowest BCUT2D eigenvalue weighted by Crippen LogP contribution is -2.44. The summed E-state index contributed by atoms with van der Waals surface area (Å²) in [6.45, 7) is 6.15. The molecule has 37 heavy (non-hydrogen) atoms. The highest BCUT2D eigenvalue weighted by molar-refractivity contribution is 6.07. The molecule has 0 radical (unpaired) electrons. The van der Waals surface area contributed by atoms with Crippen LogP contribution in [0.5, 0.6) is 0 Å². The second kappa shape index (κ2) is 8.85. The van der Waals surface area contributed by atoms with Crippen molar-refractivity contribution in [2.75, 3.05) is 18.0 Å². The monoisotopic (exact) mass is 497 g/mol. The molecule has 1 aliphatic heterocycles. The van der Waals surface area contributed by atoms with E-state index in [1.807, 2.05) is 48.7 Å². The van der Waals surface area contributed by atoms with Crippen molar-refractivity contribution in [3.63, 3.8) is 0 Å². The zero-order chi connectivity index (χ0) is 25.8. The lowest BCUT2D eigenvalue weighted by molar-refractivity contribution is 0.494. The summed E-state index contributed by atoms with van der Waals surface area (Å²) in [5.74, 6) is 0.697. The van der Waals surface area contributed by atoms with E-state index >= 15 is 0 Å². The Hall–Kier alpha value is -3.98. The van der Waals surface area contributed by atoms with E-state index in [-0.39, 0.29) is 18.1 Å². The molecule has 0 unspecified atom stereocenters. The summed E-state index contributed by atoms with van der Waals surface area (Å²) < 4.78 is 4.69. The fraction of sp³-hybridized carbons (Fsp3) is 0.357. The first kappa shape index (κ1) is 23.4. The molecule has 3 aromatic heterocycles. The minimum Gasteiger partial charge on any atom is -0.341 e. The van der Waals surface area contributed by atoms with Crippen molar-refractivity contribution in [3.8, 4) is 0 Å². The molecule has 0 saturated carbocycles. The highest BCUT2D eigenvalue weighted by Crippen LogP contribution is 2.28. The maximum atomic E-state index is 13.9. The van der Waals surface area contributed by atoms with Gasteiger partial charge in [-0.3, -0.25) is 13.9 Å². The van der Waals surface area contributed by atoms with E-state index in [9.17, 15) is 9.59 Å². The quantitative estimate of drug-likeness (QED) is 0.383. The van der Waals surface area contributed by atoms with Crippen LogP contribution in [0.2, 0.25) is 0 Å². The Balaban J connectivity index is 1.57. The summed E-state index contributed by atoms with van der Waals surface area (Å²) in [5.41, 5.74) is 8.93. The zero-order valence-electron chi connectivity index (χ0n) is 21.4. The minimum absolute atomic E-state index is 0.0649. The number of hydrogen-bond donors (Lipinski definition) is 1. The normalized spacial score (nSPS) is 16.3. The number of para-hydroxylation sites is 1. The van der Waals surface area contributed by atoms with E-state index in [4.69, 9.17) is 15.7 Å². The van der Waals surface area contributed by atoms with Gasteiger partial charge in [0, 0.05) is 43.5 Å². The number of rotatable bonds is 4. The molecule has 0 spiro atoms. The van der Waals surface area contributed by atoms with Gasteiger partial charge in [-0.2, -0.15) is 4.98 Å². The average Bonchev–Trinajstić information content (AvgIpc) is 3.30. The fourth-order valence-electron chi connectivity index (χ4n) is 5.69. The second-order valence-corrected chi connectivity index (χ2v) is 9.98. The summed E-state index contributed by atoms with van der Waals surface area (Å²) >= 11 is 0. The van der Waals surface area contributed by atoms with Crippen molar-refractivity contribution in [3.05, 3.63) is 74.6 Å². The van der Waals surface area contributed by atoms with Gasteiger partial charge in [-0.25, -0.2) is 9.78 Å². The number of anilines is 1. The van der Waals surface area contributed by atoms with Crippen LogP contribution in [-0.2, 0) is 20.1 Å². The molecule has 0 amide bonds. The third kappa shape index (κ3) is 3.64. The predicted molar refractivity (Wildman–Crippen MR) is 147 cm³/mol. The van der Waals surface area contributed by atoms with E-state index in [0.717, 1.165) is 46.6 Å². The Kier molecular flexibility index (Phi) is 5.60. The molecule has 5 aromatic rings. The number of fused-ring (bicyclic) bond motifs is 4. The number of nitrogens with two attached hydrogens (primary N) is 1. The molecule has 2 N–H and O–H groups in total. The first-order valence-corrected chi connectivity index (χ1v) is 12.9. The van der Waals surface area contributed by atoms with Crippen LogP contribution < -0.4 is 21.9 Å². The summed E-state index contributed by atoms with van der Waals surface area (Å²) in [4.78, 5) is 39.3. The number of pyridine rings is 1. The SMILES string of the molecule is CCn1c(N2CCC[C@@H](N)C2)nc2c1c(=O)n(Cc1nc3c(C)cccc3c3ccccc13)c(=O)n2C. The van der Waals surface area contributed by atoms with Crippen LogP contribution in [-0.4, -0.2) is 42.8 Å². The fourth-order valence-corrected chi connectivity index (χ4v) is 5.69. The molecule has 9 nitrogen and oxygen atoms in total. The first-order chi connectivity index (χ1) is 17.9. The maximum Gasteiger partial charge on any atom is 0.332 e. The lowest BCUT2D eigenvalue weighted by Gasteiger charge is -2.31. The summed E-state index contributed by atoms with van der Waals surface area (Å²) in [7, 11) is 1.68. The summed E-state index contributed by atoms with van der Waals surface area (Å²) in [6.07, 6.45) is 1.94. The average molecular weight is 498 g/mol. The van der Waals surface area contributed by atoms with Crippen LogP contribution in [0.1, 0.15) is 31.0 Å². The van der Waals surface area contributed by atoms with Crippen LogP contribution >= 0.6 is 0 Å².